The molecule has 2 aromatic carbocycles. The second-order valence-corrected chi connectivity index (χ2v) is 10.7. The molecule has 0 fully saturated rings. The second kappa shape index (κ2) is 14.2. The Balaban J connectivity index is 1.50. The number of hydrogen-bond acceptors (Lipinski definition) is 8. The molecule has 3 aromatic rings. The number of nitrogens with zero attached hydrogens (tertiary/aromatic N) is 2. The van der Waals surface area contributed by atoms with Gasteiger partial charge in [-0.25, -0.2) is 0 Å². The Hall–Kier alpha value is -2.34. The van der Waals surface area contributed by atoms with Gasteiger partial charge in [0.15, 0.2) is 0 Å². The van der Waals surface area contributed by atoms with Crippen LogP contribution in [-0.4, -0.2) is 34.9 Å². The summed E-state index contributed by atoms with van der Waals surface area (Å²) in [6.07, 6.45) is -1.43. The van der Waals surface area contributed by atoms with Crippen molar-refractivity contribution in [1.82, 2.24) is 10.2 Å². The van der Waals surface area contributed by atoms with E-state index >= 15 is 0 Å². The summed E-state index contributed by atoms with van der Waals surface area (Å²) in [5, 5.41) is 8.37. The third-order valence-corrected chi connectivity index (χ3v) is 7.14. The third-order valence-electron chi connectivity index (χ3n) is 5.49. The molecule has 0 aliphatic rings. The molecule has 13 heteroatoms. The first-order valence-electron chi connectivity index (χ1n) is 12.0. The van der Waals surface area contributed by atoms with E-state index in [0.29, 0.717) is 19.6 Å². The van der Waals surface area contributed by atoms with E-state index < -0.39 is 25.5 Å². The fraction of sp³-hybridized carbons (Fsp3) is 0.440. The molecule has 2 atom stereocenters. The summed E-state index contributed by atoms with van der Waals surface area (Å²) in [6.45, 7) is 2.58. The first kappa shape index (κ1) is 30.2. The molecule has 3 N–H and O–H groups in total. The Morgan fingerprint density at radius 1 is 1.03 bits per heavy atom. The van der Waals surface area contributed by atoms with Crippen LogP contribution in [0.25, 0.3) is 10.6 Å². The number of nitrogens with two attached hydrogens (primary N) is 1. The number of ether oxygens (including phenoxy) is 2. The highest BCUT2D eigenvalue weighted by Crippen LogP contribution is 2.40. The van der Waals surface area contributed by atoms with Gasteiger partial charge in [0.1, 0.15) is 15.8 Å². The molecule has 0 aliphatic heterocycles. The Bertz CT molecular complexity index is 1180. The molecule has 8 nitrogen and oxygen atoms in total. The minimum atomic E-state index is -4.63. The number of halogens is 3. The minimum absolute atomic E-state index is 0.162. The van der Waals surface area contributed by atoms with Crippen LogP contribution >= 0.6 is 19.6 Å². The molecule has 208 valence electrons. The van der Waals surface area contributed by atoms with E-state index in [-0.39, 0.29) is 34.5 Å². The van der Waals surface area contributed by atoms with Gasteiger partial charge in [-0.1, -0.05) is 48.1 Å². The van der Waals surface area contributed by atoms with Crippen molar-refractivity contribution < 1.29 is 36.6 Å². The second-order valence-electron chi connectivity index (χ2n) is 8.89. The van der Waals surface area contributed by atoms with Gasteiger partial charge in [0.25, 0.3) is 0 Å². The molecule has 3 rings (SSSR count). The predicted molar refractivity (Wildman–Crippen MR) is 139 cm³/mol. The van der Waals surface area contributed by atoms with E-state index in [2.05, 4.69) is 10.2 Å². The van der Waals surface area contributed by atoms with Crippen molar-refractivity contribution in [1.29, 1.82) is 0 Å². The number of unbranched alkanes of at least 4 members (excludes halogenated alkanes) is 3. The van der Waals surface area contributed by atoms with Gasteiger partial charge in [-0.3, -0.25) is 4.57 Å². The van der Waals surface area contributed by atoms with Crippen LogP contribution in [0, 0.1) is 0 Å². The lowest BCUT2D eigenvalue weighted by Gasteiger charge is -2.19. The SMILES string of the molecule is C[C@](N)(CO[PH](=O)O)c1nnc(-c2ccc(OCCCCCCOCc3ccccc3)c(C(F)(F)F)c2)s1. The maximum absolute atomic E-state index is 13.8. The average molecular weight is 574 g/mol. The molecular formula is C25H31F3N3O5PS. The van der Waals surface area contributed by atoms with Crippen molar-refractivity contribution in [2.45, 2.75) is 50.9 Å². The summed E-state index contributed by atoms with van der Waals surface area (Å²) in [5.74, 6) is -0.248. The highest BCUT2D eigenvalue weighted by Gasteiger charge is 2.35. The normalized spacial score (nSPS) is 14.3. The fourth-order valence-corrected chi connectivity index (χ4v) is 4.77. The van der Waals surface area contributed by atoms with E-state index in [1.54, 1.807) is 0 Å². The lowest BCUT2D eigenvalue weighted by atomic mass is 10.1. The summed E-state index contributed by atoms with van der Waals surface area (Å²) >= 11 is 0.983. The molecular weight excluding hydrogens is 542 g/mol. The average Bonchev–Trinajstić information content (AvgIpc) is 3.38. The number of benzene rings is 2. The van der Waals surface area contributed by atoms with Crippen molar-refractivity contribution in [2.24, 2.45) is 5.73 Å². The first-order valence-corrected chi connectivity index (χ1v) is 14.1. The van der Waals surface area contributed by atoms with Gasteiger partial charge in [-0.05, 0) is 49.9 Å². The molecule has 0 saturated heterocycles. The van der Waals surface area contributed by atoms with Gasteiger partial charge in [0, 0.05) is 12.2 Å². The lowest BCUT2D eigenvalue weighted by molar-refractivity contribution is -0.138. The molecule has 38 heavy (non-hydrogen) atoms. The molecule has 0 spiro atoms. The van der Waals surface area contributed by atoms with E-state index in [9.17, 15) is 17.7 Å². The minimum Gasteiger partial charge on any atom is -0.493 e. The van der Waals surface area contributed by atoms with Crippen molar-refractivity contribution in [3.05, 3.63) is 64.7 Å². The van der Waals surface area contributed by atoms with Gasteiger partial charge in [0.2, 0.25) is 0 Å². The van der Waals surface area contributed by atoms with Crippen LogP contribution in [0.3, 0.4) is 0 Å². The van der Waals surface area contributed by atoms with Gasteiger partial charge in [-0.2, -0.15) is 13.2 Å². The van der Waals surface area contributed by atoms with Gasteiger partial charge in [0.05, 0.1) is 30.9 Å². The van der Waals surface area contributed by atoms with Crippen LogP contribution in [0.1, 0.15) is 48.7 Å². The van der Waals surface area contributed by atoms with Crippen LogP contribution < -0.4 is 10.5 Å². The largest absolute Gasteiger partial charge is 0.493 e. The highest BCUT2D eigenvalue weighted by molar-refractivity contribution is 7.32. The van der Waals surface area contributed by atoms with Crippen LogP contribution in [0.4, 0.5) is 13.2 Å². The molecule has 0 saturated carbocycles. The van der Waals surface area contributed by atoms with Crippen LogP contribution in [0.5, 0.6) is 5.75 Å². The topological polar surface area (TPSA) is 117 Å². The first-order chi connectivity index (χ1) is 18.1. The maximum Gasteiger partial charge on any atom is 0.419 e. The zero-order chi connectivity index (χ0) is 27.6. The third kappa shape index (κ3) is 9.44. The quantitative estimate of drug-likeness (QED) is 0.169. The lowest BCUT2D eigenvalue weighted by Crippen LogP contribution is -2.37. The number of rotatable bonds is 15. The molecule has 0 bridgehead atoms. The van der Waals surface area contributed by atoms with Crippen molar-refractivity contribution in [2.75, 3.05) is 19.8 Å². The summed E-state index contributed by atoms with van der Waals surface area (Å²) in [6, 6.07) is 13.6. The van der Waals surface area contributed by atoms with Gasteiger partial charge < -0.3 is 24.6 Å². The summed E-state index contributed by atoms with van der Waals surface area (Å²) in [5.41, 5.74) is 5.26. The van der Waals surface area contributed by atoms with Gasteiger partial charge in [-0.15, -0.1) is 10.2 Å². The molecule has 0 radical (unpaired) electrons. The van der Waals surface area contributed by atoms with Crippen LogP contribution in [0.15, 0.2) is 48.5 Å². The zero-order valence-corrected chi connectivity index (χ0v) is 22.7. The van der Waals surface area contributed by atoms with E-state index in [1.807, 2.05) is 30.3 Å². The molecule has 1 unspecified atom stereocenters. The highest BCUT2D eigenvalue weighted by atomic mass is 32.1. The fourth-order valence-electron chi connectivity index (χ4n) is 3.46. The molecule has 1 heterocycles. The van der Waals surface area contributed by atoms with Gasteiger partial charge >= 0.3 is 14.4 Å². The van der Waals surface area contributed by atoms with Crippen LogP contribution in [0.2, 0.25) is 0 Å². The van der Waals surface area contributed by atoms with E-state index in [4.69, 9.17) is 24.6 Å². The van der Waals surface area contributed by atoms with Crippen molar-refractivity contribution >= 4 is 19.6 Å². The Labute approximate surface area is 223 Å². The zero-order valence-electron chi connectivity index (χ0n) is 20.9. The number of alkyl halides is 3. The van der Waals surface area contributed by atoms with E-state index in [0.717, 1.165) is 42.2 Å². The molecule has 0 amide bonds. The predicted octanol–water partition coefficient (Wildman–Crippen LogP) is 5.95. The summed E-state index contributed by atoms with van der Waals surface area (Å²) < 4.78 is 68.0. The van der Waals surface area contributed by atoms with Crippen LogP contribution in [-0.2, 0) is 32.1 Å². The van der Waals surface area contributed by atoms with Crippen molar-refractivity contribution in [3.63, 3.8) is 0 Å². The summed E-state index contributed by atoms with van der Waals surface area (Å²) in [7, 11) is -3.19. The number of aromatic nitrogens is 2. The maximum atomic E-state index is 13.8. The smallest absolute Gasteiger partial charge is 0.419 e. The summed E-state index contributed by atoms with van der Waals surface area (Å²) in [4.78, 5) is 8.86. The van der Waals surface area contributed by atoms with E-state index in [1.165, 1.54) is 19.1 Å². The molecule has 1 aromatic heterocycles. The Kier molecular flexibility index (Phi) is 11.3. The molecule has 0 aliphatic carbocycles. The van der Waals surface area contributed by atoms with Crippen molar-refractivity contribution in [3.8, 4) is 16.3 Å². The monoisotopic (exact) mass is 573 g/mol. The standard InChI is InChI=1S/C25H31F3N3O5PS/c1-24(29,17-36-37(32)33)23-31-30-22(38-23)19-11-12-21(20(15-19)25(26,27)28)35-14-8-3-2-7-13-34-16-18-9-5-4-6-10-18/h4-6,9-12,15,37H,2-3,7-8,13-14,16-17,29H2,1H3,(H,32,33)/t24-/m0/s1. The Morgan fingerprint density at radius 3 is 2.42 bits per heavy atom. The Morgan fingerprint density at radius 2 is 1.74 bits per heavy atom. The number of hydrogen-bond donors (Lipinski definition) is 2.